The molecular formula is C14H14NO3PS. The molecule has 0 spiro atoms. The van der Waals surface area contributed by atoms with E-state index in [0.29, 0.717) is 0 Å². The second-order valence-corrected chi connectivity index (χ2v) is 8.47. The molecule has 0 aliphatic rings. The Morgan fingerprint density at radius 1 is 0.900 bits per heavy atom. The van der Waals surface area contributed by atoms with Crippen LogP contribution in [0.1, 0.15) is 0 Å². The van der Waals surface area contributed by atoms with Gasteiger partial charge in [-0.25, -0.2) is 8.42 Å². The largest absolute Gasteiger partial charge is 0.278 e. The molecule has 4 nitrogen and oxygen atoms in total. The van der Waals surface area contributed by atoms with Gasteiger partial charge in [0.05, 0.1) is 5.49 Å². The van der Waals surface area contributed by atoms with Gasteiger partial charge in [-0.2, -0.15) is 0 Å². The summed E-state index contributed by atoms with van der Waals surface area (Å²) in [4.78, 5) is 10.4. The third-order valence-corrected chi connectivity index (χ3v) is 7.35. The summed E-state index contributed by atoms with van der Waals surface area (Å²) in [5.41, 5.74) is -0.102. The van der Waals surface area contributed by atoms with Crippen LogP contribution in [-0.2, 0) is 14.8 Å². The van der Waals surface area contributed by atoms with Crippen molar-refractivity contribution in [1.29, 1.82) is 0 Å². The highest BCUT2D eigenvalue weighted by atomic mass is 32.2. The van der Waals surface area contributed by atoms with Gasteiger partial charge in [0.25, 0.3) is 0 Å². The minimum Gasteiger partial charge on any atom is -0.278 e. The lowest BCUT2D eigenvalue weighted by Crippen LogP contribution is -2.28. The maximum atomic E-state index is 11.9. The van der Waals surface area contributed by atoms with E-state index in [9.17, 15) is 13.2 Å². The van der Waals surface area contributed by atoms with Crippen LogP contribution in [0.15, 0.2) is 60.7 Å². The van der Waals surface area contributed by atoms with Crippen molar-refractivity contribution in [1.82, 2.24) is 4.72 Å². The zero-order valence-corrected chi connectivity index (χ0v) is 12.3. The van der Waals surface area contributed by atoms with Crippen LogP contribution in [0.2, 0.25) is 0 Å². The monoisotopic (exact) mass is 307 g/mol. The van der Waals surface area contributed by atoms with Crippen LogP contribution < -0.4 is 15.3 Å². The van der Waals surface area contributed by atoms with Gasteiger partial charge >= 0.3 is 0 Å². The minimum absolute atomic E-state index is 0.102. The summed E-state index contributed by atoms with van der Waals surface area (Å²) in [5.74, 6) is 0. The second kappa shape index (κ2) is 6.64. The SMILES string of the molecule is O=CNS(=O)(=O)CP(c1ccccc1)c1ccccc1. The van der Waals surface area contributed by atoms with E-state index in [2.05, 4.69) is 0 Å². The molecule has 0 unspecified atom stereocenters. The fraction of sp³-hybridized carbons (Fsp3) is 0.0714. The molecule has 2 rings (SSSR count). The maximum absolute atomic E-state index is 11.9. The summed E-state index contributed by atoms with van der Waals surface area (Å²) < 4.78 is 25.6. The van der Waals surface area contributed by atoms with Gasteiger partial charge in [0.1, 0.15) is 0 Å². The zero-order valence-electron chi connectivity index (χ0n) is 10.6. The topological polar surface area (TPSA) is 63.2 Å². The Kier molecular flexibility index (Phi) is 4.88. The molecule has 0 fully saturated rings. The maximum Gasteiger partial charge on any atom is 0.239 e. The molecule has 1 N–H and O–H groups in total. The first-order valence-corrected chi connectivity index (χ1v) is 9.11. The summed E-state index contributed by atoms with van der Waals surface area (Å²) in [5, 5.41) is 1.93. The van der Waals surface area contributed by atoms with Crippen LogP contribution >= 0.6 is 7.92 Å². The van der Waals surface area contributed by atoms with Gasteiger partial charge in [0, 0.05) is 0 Å². The molecule has 2 aromatic carbocycles. The predicted octanol–water partition coefficient (Wildman–Crippen LogP) is 1.15. The fourth-order valence-corrected chi connectivity index (χ4v) is 6.15. The molecule has 2 aromatic rings. The number of carbonyl (C=O) groups excluding carboxylic acids is 1. The molecule has 1 amide bonds. The summed E-state index contributed by atoms with van der Waals surface area (Å²) in [6.45, 7) is 0. The van der Waals surface area contributed by atoms with E-state index in [1.165, 1.54) is 0 Å². The summed E-state index contributed by atoms with van der Waals surface area (Å²) >= 11 is 0. The number of nitrogens with one attached hydrogen (secondary N) is 1. The molecule has 0 bridgehead atoms. The van der Waals surface area contributed by atoms with E-state index < -0.39 is 17.9 Å². The number of carbonyl (C=O) groups is 1. The van der Waals surface area contributed by atoms with Crippen molar-refractivity contribution in [2.24, 2.45) is 0 Å². The van der Waals surface area contributed by atoms with E-state index in [4.69, 9.17) is 0 Å². The van der Waals surface area contributed by atoms with Crippen molar-refractivity contribution in [3.05, 3.63) is 60.7 Å². The lowest BCUT2D eigenvalue weighted by atomic mass is 10.4. The van der Waals surface area contributed by atoms with Crippen LogP contribution in [-0.4, -0.2) is 20.3 Å². The van der Waals surface area contributed by atoms with E-state index in [1.54, 1.807) is 0 Å². The lowest BCUT2D eigenvalue weighted by Gasteiger charge is -2.18. The van der Waals surface area contributed by atoms with Crippen molar-refractivity contribution in [2.75, 3.05) is 5.49 Å². The molecule has 104 valence electrons. The van der Waals surface area contributed by atoms with Crippen molar-refractivity contribution >= 4 is 35.0 Å². The Balaban J connectivity index is 2.38. The number of amides is 1. The van der Waals surface area contributed by atoms with E-state index in [1.807, 2.05) is 65.4 Å². The highest BCUT2D eigenvalue weighted by Gasteiger charge is 2.21. The molecule has 0 aliphatic carbocycles. The molecule has 0 atom stereocenters. The Hall–Kier alpha value is -1.71. The van der Waals surface area contributed by atoms with Gasteiger partial charge in [0.15, 0.2) is 0 Å². The van der Waals surface area contributed by atoms with Gasteiger partial charge in [-0.1, -0.05) is 60.7 Å². The fourth-order valence-electron chi connectivity index (χ4n) is 1.79. The summed E-state index contributed by atoms with van der Waals surface area (Å²) in [6.07, 6.45) is 0.207. The number of hydrogen-bond acceptors (Lipinski definition) is 3. The third-order valence-electron chi connectivity index (χ3n) is 2.66. The molecule has 0 aromatic heterocycles. The minimum atomic E-state index is -3.62. The molecule has 20 heavy (non-hydrogen) atoms. The molecule has 0 aliphatic heterocycles. The van der Waals surface area contributed by atoms with Crippen LogP contribution in [0.3, 0.4) is 0 Å². The third kappa shape index (κ3) is 3.89. The molecule has 0 heterocycles. The van der Waals surface area contributed by atoms with Crippen LogP contribution in [0.5, 0.6) is 0 Å². The first kappa shape index (κ1) is 14.7. The average molecular weight is 307 g/mol. The lowest BCUT2D eigenvalue weighted by molar-refractivity contribution is -0.108. The van der Waals surface area contributed by atoms with Crippen molar-refractivity contribution in [3.63, 3.8) is 0 Å². The van der Waals surface area contributed by atoms with E-state index in [-0.39, 0.29) is 11.9 Å². The average Bonchev–Trinajstić information content (AvgIpc) is 2.47. The van der Waals surface area contributed by atoms with Crippen LogP contribution in [0.4, 0.5) is 0 Å². The standard InChI is InChI=1S/C14H14NO3PS/c16-11-15-20(17,18)12-19(13-7-3-1-4-8-13)14-9-5-2-6-10-14/h1-11H,12H2,(H,15,16). The van der Waals surface area contributed by atoms with Gasteiger partial charge in [-0.15, -0.1) is 0 Å². The Bertz CT molecular complexity index is 620. The van der Waals surface area contributed by atoms with Crippen molar-refractivity contribution < 1.29 is 13.2 Å². The molecule has 0 saturated carbocycles. The number of rotatable bonds is 6. The molecule has 0 saturated heterocycles. The zero-order chi connectivity index (χ0) is 14.4. The predicted molar refractivity (Wildman–Crippen MR) is 82.1 cm³/mol. The second-order valence-electron chi connectivity index (χ2n) is 4.08. The van der Waals surface area contributed by atoms with Crippen LogP contribution in [0.25, 0.3) is 0 Å². The summed E-state index contributed by atoms with van der Waals surface area (Å²) in [6, 6.07) is 19.0. The Morgan fingerprint density at radius 3 is 1.75 bits per heavy atom. The first-order chi connectivity index (χ1) is 9.62. The van der Waals surface area contributed by atoms with E-state index >= 15 is 0 Å². The number of sulfonamides is 1. The Morgan fingerprint density at radius 2 is 1.35 bits per heavy atom. The highest BCUT2D eigenvalue weighted by Crippen LogP contribution is 2.34. The van der Waals surface area contributed by atoms with Gasteiger partial charge in [-0.05, 0) is 18.5 Å². The van der Waals surface area contributed by atoms with Crippen molar-refractivity contribution in [2.45, 2.75) is 0 Å². The van der Waals surface area contributed by atoms with Gasteiger partial charge in [0.2, 0.25) is 16.4 Å². The smallest absolute Gasteiger partial charge is 0.239 e. The normalized spacial score (nSPS) is 11.2. The van der Waals surface area contributed by atoms with Crippen molar-refractivity contribution in [3.8, 4) is 0 Å². The van der Waals surface area contributed by atoms with E-state index in [0.717, 1.165) is 10.6 Å². The molecule has 6 heteroatoms. The quantitative estimate of drug-likeness (QED) is 0.643. The van der Waals surface area contributed by atoms with Gasteiger partial charge < -0.3 is 0 Å². The summed E-state index contributed by atoms with van der Waals surface area (Å²) in [7, 11) is -4.68. The first-order valence-electron chi connectivity index (χ1n) is 5.94. The highest BCUT2D eigenvalue weighted by molar-refractivity contribution is 7.99. The Labute approximate surface area is 119 Å². The number of hydrogen-bond donors (Lipinski definition) is 1. The number of benzene rings is 2. The van der Waals surface area contributed by atoms with Gasteiger partial charge in [-0.3, -0.25) is 9.52 Å². The molecule has 0 radical (unpaired) electrons. The molecular weight excluding hydrogens is 293 g/mol. The van der Waals surface area contributed by atoms with Crippen LogP contribution in [0, 0.1) is 0 Å².